The number of thiophene rings is 1. The summed E-state index contributed by atoms with van der Waals surface area (Å²) in [7, 11) is 0. The van der Waals surface area contributed by atoms with E-state index in [1.54, 1.807) is 30.3 Å². The summed E-state index contributed by atoms with van der Waals surface area (Å²) in [6, 6.07) is 8.57. The first-order valence-corrected chi connectivity index (χ1v) is 6.41. The number of nitrogens with two attached hydrogens (primary N) is 1. The summed E-state index contributed by atoms with van der Waals surface area (Å²) < 4.78 is 1.39. The van der Waals surface area contributed by atoms with E-state index in [-0.39, 0.29) is 5.78 Å². The molecule has 2 N–H and O–H groups in total. The van der Waals surface area contributed by atoms with E-state index in [9.17, 15) is 4.79 Å². The van der Waals surface area contributed by atoms with Crippen molar-refractivity contribution < 1.29 is 4.79 Å². The van der Waals surface area contributed by atoms with Gasteiger partial charge in [0.25, 0.3) is 0 Å². The third-order valence-electron chi connectivity index (χ3n) is 1.98. The number of hydrogen-bond donors (Lipinski definition) is 1. The van der Waals surface area contributed by atoms with E-state index < -0.39 is 0 Å². The molecule has 0 aliphatic heterocycles. The van der Waals surface area contributed by atoms with Gasteiger partial charge < -0.3 is 5.73 Å². The quantitative estimate of drug-likeness (QED) is 0.673. The monoisotopic (exact) mass is 315 g/mol. The van der Waals surface area contributed by atoms with Gasteiger partial charge in [0.1, 0.15) is 0 Å². The van der Waals surface area contributed by atoms with Crippen LogP contribution in [0.1, 0.15) is 15.2 Å². The van der Waals surface area contributed by atoms with E-state index >= 15 is 0 Å². The summed E-state index contributed by atoms with van der Waals surface area (Å²) in [5.74, 6) is -0.0649. The molecule has 16 heavy (non-hydrogen) atoms. The molecule has 1 heterocycles. The number of anilines is 1. The molecule has 0 aliphatic carbocycles. The van der Waals surface area contributed by atoms with E-state index in [0.717, 1.165) is 4.47 Å². The highest BCUT2D eigenvalue weighted by atomic mass is 79.9. The summed E-state index contributed by atoms with van der Waals surface area (Å²) >= 11 is 10.4. The highest BCUT2D eigenvalue weighted by Gasteiger charge is 2.12. The molecule has 0 unspecified atom stereocenters. The fourth-order valence-electron chi connectivity index (χ4n) is 1.32. The number of carbonyl (C=O) groups excluding carboxylic acids is 1. The zero-order chi connectivity index (χ0) is 11.7. The Labute approximate surface area is 110 Å². The minimum Gasteiger partial charge on any atom is -0.399 e. The number of nitrogen functional groups attached to an aromatic ring is 1. The molecule has 2 aromatic rings. The van der Waals surface area contributed by atoms with Gasteiger partial charge in [-0.1, -0.05) is 27.5 Å². The fraction of sp³-hybridized carbons (Fsp3) is 0. The van der Waals surface area contributed by atoms with Crippen molar-refractivity contribution in [1.82, 2.24) is 0 Å². The normalized spacial score (nSPS) is 10.4. The van der Waals surface area contributed by atoms with Crippen molar-refractivity contribution in [2.24, 2.45) is 0 Å². The number of ketones is 1. The van der Waals surface area contributed by atoms with Crippen LogP contribution in [0.4, 0.5) is 5.69 Å². The lowest BCUT2D eigenvalue weighted by molar-refractivity contribution is 0.104. The zero-order valence-electron chi connectivity index (χ0n) is 8.04. The molecule has 82 valence electrons. The number of rotatable bonds is 2. The van der Waals surface area contributed by atoms with Crippen LogP contribution in [0, 0.1) is 0 Å². The van der Waals surface area contributed by atoms with Crippen molar-refractivity contribution in [3.05, 3.63) is 49.6 Å². The van der Waals surface area contributed by atoms with Crippen LogP contribution in [0.2, 0.25) is 4.34 Å². The van der Waals surface area contributed by atoms with Gasteiger partial charge in [-0.3, -0.25) is 4.79 Å². The molecule has 0 atom stereocenters. The molecular weight excluding hydrogens is 310 g/mol. The maximum Gasteiger partial charge on any atom is 0.203 e. The Kier molecular flexibility index (Phi) is 3.33. The first-order chi connectivity index (χ1) is 7.56. The van der Waals surface area contributed by atoms with Gasteiger partial charge in [-0.05, 0) is 30.3 Å². The number of hydrogen-bond acceptors (Lipinski definition) is 3. The third kappa shape index (κ3) is 2.45. The molecule has 0 saturated heterocycles. The standard InChI is InChI=1S/C11H7BrClNOS/c12-7-3-6(4-8(14)5-7)11(15)9-1-2-10(13)16-9/h1-5H,14H2. The SMILES string of the molecule is Nc1cc(Br)cc(C(=O)c2ccc(Cl)s2)c1. The van der Waals surface area contributed by atoms with Crippen molar-refractivity contribution in [2.45, 2.75) is 0 Å². The smallest absolute Gasteiger partial charge is 0.203 e. The number of carbonyl (C=O) groups is 1. The van der Waals surface area contributed by atoms with E-state index in [2.05, 4.69) is 15.9 Å². The third-order valence-corrected chi connectivity index (χ3v) is 3.67. The summed E-state index contributed by atoms with van der Waals surface area (Å²) in [6.07, 6.45) is 0. The average Bonchev–Trinajstić information content (AvgIpc) is 2.62. The molecule has 0 spiro atoms. The Morgan fingerprint density at radius 2 is 2.06 bits per heavy atom. The lowest BCUT2D eigenvalue weighted by Crippen LogP contribution is -1.99. The Morgan fingerprint density at radius 1 is 1.31 bits per heavy atom. The minimum atomic E-state index is -0.0649. The Bertz CT molecular complexity index is 532. The van der Waals surface area contributed by atoms with Crippen LogP contribution in [-0.4, -0.2) is 5.78 Å². The van der Waals surface area contributed by atoms with Crippen LogP contribution in [0.15, 0.2) is 34.8 Å². The highest BCUT2D eigenvalue weighted by Crippen LogP contribution is 2.26. The predicted octanol–water partition coefficient (Wildman–Crippen LogP) is 3.98. The van der Waals surface area contributed by atoms with Gasteiger partial charge in [-0.25, -0.2) is 0 Å². The van der Waals surface area contributed by atoms with Gasteiger partial charge in [0.05, 0.1) is 9.21 Å². The van der Waals surface area contributed by atoms with E-state index in [4.69, 9.17) is 17.3 Å². The summed E-state index contributed by atoms with van der Waals surface area (Å²) in [4.78, 5) is 12.7. The second kappa shape index (κ2) is 4.57. The average molecular weight is 317 g/mol. The zero-order valence-corrected chi connectivity index (χ0v) is 11.2. The van der Waals surface area contributed by atoms with Crippen molar-refractivity contribution in [3.8, 4) is 0 Å². The molecule has 1 aromatic carbocycles. The number of halogens is 2. The first-order valence-electron chi connectivity index (χ1n) is 4.42. The second-order valence-electron chi connectivity index (χ2n) is 3.21. The van der Waals surface area contributed by atoms with Crippen LogP contribution in [0.5, 0.6) is 0 Å². The molecule has 2 rings (SSSR count). The van der Waals surface area contributed by atoms with Gasteiger partial charge in [0.2, 0.25) is 5.78 Å². The molecule has 1 aromatic heterocycles. The number of benzene rings is 1. The molecule has 0 bridgehead atoms. The van der Waals surface area contributed by atoms with Crippen LogP contribution < -0.4 is 5.73 Å². The van der Waals surface area contributed by atoms with Crippen LogP contribution >= 0.6 is 38.9 Å². The van der Waals surface area contributed by atoms with Crippen LogP contribution in [0.25, 0.3) is 0 Å². The lowest BCUT2D eigenvalue weighted by Gasteiger charge is -2.01. The predicted molar refractivity (Wildman–Crippen MR) is 71.3 cm³/mol. The molecular formula is C11H7BrClNOS. The van der Waals surface area contributed by atoms with Gasteiger partial charge in [0, 0.05) is 15.7 Å². The maximum atomic E-state index is 12.0. The molecule has 0 aliphatic rings. The second-order valence-corrected chi connectivity index (χ2v) is 5.84. The lowest BCUT2D eigenvalue weighted by atomic mass is 10.1. The fourth-order valence-corrected chi connectivity index (χ4v) is 2.84. The van der Waals surface area contributed by atoms with E-state index in [1.807, 2.05) is 0 Å². The first kappa shape index (κ1) is 11.6. The Morgan fingerprint density at radius 3 is 2.62 bits per heavy atom. The van der Waals surface area contributed by atoms with Crippen LogP contribution in [-0.2, 0) is 0 Å². The Balaban J connectivity index is 2.41. The van der Waals surface area contributed by atoms with Crippen molar-refractivity contribution in [2.75, 3.05) is 5.73 Å². The Hall–Kier alpha value is -0.840. The van der Waals surface area contributed by atoms with Crippen molar-refractivity contribution in [1.29, 1.82) is 0 Å². The topological polar surface area (TPSA) is 43.1 Å². The minimum absolute atomic E-state index is 0.0649. The summed E-state index contributed by atoms with van der Waals surface area (Å²) in [5, 5.41) is 0. The highest BCUT2D eigenvalue weighted by molar-refractivity contribution is 9.10. The molecule has 5 heteroatoms. The van der Waals surface area contributed by atoms with Gasteiger partial charge in [-0.2, -0.15) is 0 Å². The van der Waals surface area contributed by atoms with Crippen molar-refractivity contribution in [3.63, 3.8) is 0 Å². The summed E-state index contributed by atoms with van der Waals surface area (Å²) in [6.45, 7) is 0. The summed E-state index contributed by atoms with van der Waals surface area (Å²) in [5.41, 5.74) is 6.79. The van der Waals surface area contributed by atoms with Crippen molar-refractivity contribution >= 4 is 50.3 Å². The largest absolute Gasteiger partial charge is 0.399 e. The maximum absolute atomic E-state index is 12.0. The van der Waals surface area contributed by atoms with Gasteiger partial charge in [0.15, 0.2) is 0 Å². The molecule has 2 nitrogen and oxygen atoms in total. The molecule has 0 fully saturated rings. The molecule has 0 amide bonds. The van der Waals surface area contributed by atoms with Gasteiger partial charge in [-0.15, -0.1) is 11.3 Å². The van der Waals surface area contributed by atoms with E-state index in [0.29, 0.717) is 20.5 Å². The molecule has 0 radical (unpaired) electrons. The van der Waals surface area contributed by atoms with Gasteiger partial charge >= 0.3 is 0 Å². The van der Waals surface area contributed by atoms with E-state index in [1.165, 1.54) is 11.3 Å². The van der Waals surface area contributed by atoms with Crippen LogP contribution in [0.3, 0.4) is 0 Å². The molecule has 0 saturated carbocycles.